The first-order valence-corrected chi connectivity index (χ1v) is 4.85. The van der Waals surface area contributed by atoms with Crippen molar-refractivity contribution in [1.29, 1.82) is 0 Å². The van der Waals surface area contributed by atoms with Crippen LogP contribution in [-0.4, -0.2) is 36.4 Å². The maximum Gasteiger partial charge on any atom is 0.305 e. The van der Waals surface area contributed by atoms with Crippen molar-refractivity contribution in [2.75, 3.05) is 13.7 Å². The molecule has 0 rings (SSSR count). The fraction of sp³-hybridized carbons (Fsp3) is 0.900. The van der Waals surface area contributed by atoms with Gasteiger partial charge in [-0.25, -0.2) is 0 Å². The molecule has 0 amide bonds. The number of ether oxygens (including phenoxy) is 1. The molecule has 0 fully saturated rings. The molecule has 1 atom stereocenters. The summed E-state index contributed by atoms with van der Waals surface area (Å²) in [4.78, 5) is 10.8. The van der Waals surface area contributed by atoms with Crippen molar-refractivity contribution in [3.63, 3.8) is 0 Å². The Morgan fingerprint density at radius 3 is 2.50 bits per heavy atom. The average Bonchev–Trinajstić information content (AvgIpc) is 2.09. The smallest absolute Gasteiger partial charge is 0.305 e. The zero-order valence-electron chi connectivity index (χ0n) is 9.46. The number of hydrogen-bond acceptors (Lipinski definition) is 4. The molecule has 0 aliphatic carbocycles. The van der Waals surface area contributed by atoms with E-state index in [2.05, 4.69) is 10.1 Å². The van der Waals surface area contributed by atoms with Crippen LogP contribution in [0.2, 0.25) is 0 Å². The molecule has 1 unspecified atom stereocenters. The van der Waals surface area contributed by atoms with E-state index in [9.17, 15) is 9.90 Å². The maximum absolute atomic E-state index is 10.8. The summed E-state index contributed by atoms with van der Waals surface area (Å²) in [5.41, 5.74) is -0.00769. The van der Waals surface area contributed by atoms with Gasteiger partial charge in [-0.2, -0.15) is 0 Å². The molecule has 0 bridgehead atoms. The summed E-state index contributed by atoms with van der Waals surface area (Å²) >= 11 is 0. The molecule has 0 saturated heterocycles. The third kappa shape index (κ3) is 8.01. The molecular formula is C10H21NO3. The summed E-state index contributed by atoms with van der Waals surface area (Å²) in [6.45, 7) is 6.58. The van der Waals surface area contributed by atoms with Gasteiger partial charge in [-0.05, 0) is 27.2 Å². The highest BCUT2D eigenvalue weighted by Crippen LogP contribution is 2.02. The van der Waals surface area contributed by atoms with E-state index in [4.69, 9.17) is 0 Å². The van der Waals surface area contributed by atoms with E-state index in [1.165, 1.54) is 7.11 Å². The lowest BCUT2D eigenvalue weighted by atomic mass is 10.1. The second kappa shape index (κ2) is 5.98. The molecule has 84 valence electrons. The third-order valence-electron chi connectivity index (χ3n) is 1.78. The molecule has 4 heteroatoms. The van der Waals surface area contributed by atoms with Gasteiger partial charge in [-0.15, -0.1) is 0 Å². The molecule has 0 aliphatic heterocycles. The predicted octanol–water partition coefficient (Wildman–Crippen LogP) is 0.689. The van der Waals surface area contributed by atoms with Gasteiger partial charge in [0, 0.05) is 18.5 Å². The van der Waals surface area contributed by atoms with Crippen molar-refractivity contribution < 1.29 is 14.6 Å². The maximum atomic E-state index is 10.8. The Morgan fingerprint density at radius 1 is 1.50 bits per heavy atom. The normalized spacial score (nSPS) is 13.8. The number of hydrogen-bond donors (Lipinski definition) is 2. The van der Waals surface area contributed by atoms with Crippen LogP contribution in [0.3, 0.4) is 0 Å². The van der Waals surface area contributed by atoms with Crippen LogP contribution in [0.25, 0.3) is 0 Å². The van der Waals surface area contributed by atoms with Gasteiger partial charge in [0.1, 0.15) is 0 Å². The van der Waals surface area contributed by atoms with Crippen LogP contribution in [0, 0.1) is 0 Å². The number of β-amino-alcohol motifs (C(OH)–C–C–N with tert-alkyl or cyclic N) is 1. The zero-order valence-corrected chi connectivity index (χ0v) is 9.46. The first-order chi connectivity index (χ1) is 6.35. The Labute approximate surface area is 85.6 Å². The van der Waals surface area contributed by atoms with Crippen molar-refractivity contribution >= 4 is 5.97 Å². The van der Waals surface area contributed by atoms with Crippen LogP contribution in [0.15, 0.2) is 0 Å². The number of methoxy groups -OCH3 is 1. The minimum atomic E-state index is -0.492. The Hall–Kier alpha value is -0.610. The molecule has 0 aromatic heterocycles. The molecule has 2 N–H and O–H groups in total. The van der Waals surface area contributed by atoms with Gasteiger partial charge >= 0.3 is 5.97 Å². The summed E-state index contributed by atoms with van der Waals surface area (Å²) in [6, 6.07) is 0. The monoisotopic (exact) mass is 203 g/mol. The van der Waals surface area contributed by atoms with Crippen molar-refractivity contribution in [2.45, 2.75) is 45.3 Å². The summed E-state index contributed by atoms with van der Waals surface area (Å²) in [6.07, 6.45) is 0.215. The summed E-state index contributed by atoms with van der Waals surface area (Å²) in [5.74, 6) is -0.278. The summed E-state index contributed by atoms with van der Waals surface area (Å²) in [5, 5.41) is 12.6. The molecule has 0 aromatic rings. The van der Waals surface area contributed by atoms with Crippen LogP contribution in [-0.2, 0) is 9.53 Å². The van der Waals surface area contributed by atoms with E-state index in [1.807, 2.05) is 20.8 Å². The topological polar surface area (TPSA) is 58.6 Å². The van der Waals surface area contributed by atoms with Crippen molar-refractivity contribution in [3.05, 3.63) is 0 Å². The first-order valence-electron chi connectivity index (χ1n) is 4.85. The van der Waals surface area contributed by atoms with Gasteiger partial charge in [0.2, 0.25) is 0 Å². The second-order valence-corrected chi connectivity index (χ2v) is 4.40. The highest BCUT2D eigenvalue weighted by Gasteiger charge is 2.13. The second-order valence-electron chi connectivity index (χ2n) is 4.40. The number of aliphatic hydroxyl groups is 1. The third-order valence-corrected chi connectivity index (χ3v) is 1.78. The van der Waals surface area contributed by atoms with Gasteiger partial charge in [0.05, 0.1) is 13.2 Å². The SMILES string of the molecule is COC(=O)CCC(O)CNC(C)(C)C. The van der Waals surface area contributed by atoms with Crippen molar-refractivity contribution in [1.82, 2.24) is 5.32 Å². The number of esters is 1. The lowest BCUT2D eigenvalue weighted by Gasteiger charge is -2.22. The molecule has 0 aromatic carbocycles. The number of rotatable bonds is 5. The molecule has 0 spiro atoms. The fourth-order valence-electron chi connectivity index (χ4n) is 0.913. The molecule has 4 nitrogen and oxygen atoms in total. The van der Waals surface area contributed by atoms with E-state index in [0.29, 0.717) is 13.0 Å². The van der Waals surface area contributed by atoms with Crippen LogP contribution in [0.1, 0.15) is 33.6 Å². The van der Waals surface area contributed by atoms with Crippen LogP contribution in [0.4, 0.5) is 0 Å². The van der Waals surface area contributed by atoms with Crippen LogP contribution in [0.5, 0.6) is 0 Å². The van der Waals surface area contributed by atoms with Gasteiger partial charge in [0.25, 0.3) is 0 Å². The number of aliphatic hydroxyl groups excluding tert-OH is 1. The van der Waals surface area contributed by atoms with Gasteiger partial charge in [-0.3, -0.25) is 4.79 Å². The fourth-order valence-corrected chi connectivity index (χ4v) is 0.913. The van der Waals surface area contributed by atoms with E-state index < -0.39 is 6.10 Å². The quantitative estimate of drug-likeness (QED) is 0.645. The Morgan fingerprint density at radius 2 is 2.07 bits per heavy atom. The number of nitrogens with one attached hydrogen (secondary N) is 1. The molecule has 0 aliphatic rings. The summed E-state index contributed by atoms with van der Waals surface area (Å²) in [7, 11) is 1.35. The van der Waals surface area contributed by atoms with E-state index in [0.717, 1.165) is 0 Å². The molecular weight excluding hydrogens is 182 g/mol. The van der Waals surface area contributed by atoms with Gasteiger partial charge in [-0.1, -0.05) is 0 Å². The lowest BCUT2D eigenvalue weighted by molar-refractivity contribution is -0.141. The predicted molar refractivity (Wildman–Crippen MR) is 55.0 cm³/mol. The van der Waals surface area contributed by atoms with Gasteiger partial charge < -0.3 is 15.2 Å². The minimum absolute atomic E-state index is 0.00769. The lowest BCUT2D eigenvalue weighted by Crippen LogP contribution is -2.40. The minimum Gasteiger partial charge on any atom is -0.469 e. The van der Waals surface area contributed by atoms with E-state index >= 15 is 0 Å². The largest absolute Gasteiger partial charge is 0.469 e. The number of carbonyl (C=O) groups is 1. The Bertz CT molecular complexity index is 175. The van der Waals surface area contributed by atoms with Crippen LogP contribution >= 0.6 is 0 Å². The highest BCUT2D eigenvalue weighted by atomic mass is 16.5. The molecule has 0 saturated carbocycles. The summed E-state index contributed by atoms with van der Waals surface area (Å²) < 4.78 is 4.48. The Balaban J connectivity index is 3.56. The molecule has 14 heavy (non-hydrogen) atoms. The van der Waals surface area contributed by atoms with Crippen molar-refractivity contribution in [2.24, 2.45) is 0 Å². The Kier molecular flexibility index (Phi) is 5.72. The average molecular weight is 203 g/mol. The van der Waals surface area contributed by atoms with E-state index in [-0.39, 0.29) is 17.9 Å². The standard InChI is InChI=1S/C10H21NO3/c1-10(2,3)11-7-8(12)5-6-9(13)14-4/h8,11-12H,5-7H2,1-4H3. The molecule has 0 radical (unpaired) electrons. The van der Waals surface area contributed by atoms with Crippen molar-refractivity contribution in [3.8, 4) is 0 Å². The van der Waals surface area contributed by atoms with Crippen LogP contribution < -0.4 is 5.32 Å². The van der Waals surface area contributed by atoms with E-state index in [1.54, 1.807) is 0 Å². The first kappa shape index (κ1) is 13.4. The zero-order chi connectivity index (χ0) is 11.2. The molecule has 0 heterocycles. The highest BCUT2D eigenvalue weighted by molar-refractivity contribution is 5.69. The number of carbonyl (C=O) groups excluding carboxylic acids is 1. The van der Waals surface area contributed by atoms with Gasteiger partial charge in [0.15, 0.2) is 0 Å².